The van der Waals surface area contributed by atoms with Gasteiger partial charge in [0.05, 0.1) is 18.9 Å². The molecule has 4 aromatic heterocycles. The van der Waals surface area contributed by atoms with Gasteiger partial charge in [0.25, 0.3) is 0 Å². The lowest BCUT2D eigenvalue weighted by Crippen LogP contribution is -2.11. The molecule has 0 atom stereocenters. The summed E-state index contributed by atoms with van der Waals surface area (Å²) in [4.78, 5) is 9.24. The third kappa shape index (κ3) is 4.80. The fraction of sp³-hybridized carbons (Fsp3) is 0.370. The molecule has 0 fully saturated rings. The largest absolute Gasteiger partial charge is 0.493 e. The van der Waals surface area contributed by atoms with Crippen molar-refractivity contribution in [2.45, 2.75) is 58.8 Å². The number of hydrogen-bond acceptors (Lipinski definition) is 7. The van der Waals surface area contributed by atoms with Crippen LogP contribution in [-0.4, -0.2) is 36.6 Å². The molecule has 202 valence electrons. The molecule has 1 aliphatic carbocycles. The van der Waals surface area contributed by atoms with Gasteiger partial charge in [0.15, 0.2) is 17.3 Å². The molecule has 0 saturated carbocycles. The van der Waals surface area contributed by atoms with E-state index < -0.39 is 11.9 Å². The van der Waals surface area contributed by atoms with Gasteiger partial charge in [0, 0.05) is 24.5 Å². The highest BCUT2D eigenvalue weighted by Crippen LogP contribution is 2.39. The van der Waals surface area contributed by atoms with Gasteiger partial charge in [-0.1, -0.05) is 6.07 Å². The molecule has 1 N–H and O–H groups in total. The molecule has 5 rings (SSSR count). The van der Waals surface area contributed by atoms with Crippen LogP contribution in [0.2, 0.25) is 0 Å². The molecule has 0 amide bonds. The Hall–Kier alpha value is -4.40. The first kappa shape index (κ1) is 26.2. The van der Waals surface area contributed by atoms with Crippen LogP contribution in [0.25, 0.3) is 17.2 Å². The summed E-state index contributed by atoms with van der Waals surface area (Å²) in [6.07, 6.45) is 1.20. The van der Waals surface area contributed by atoms with E-state index in [1.165, 1.54) is 4.68 Å². The van der Waals surface area contributed by atoms with Crippen LogP contribution in [0.15, 0.2) is 30.6 Å². The molecule has 0 saturated heterocycles. The van der Waals surface area contributed by atoms with E-state index in [0.717, 1.165) is 42.0 Å². The van der Waals surface area contributed by atoms with Gasteiger partial charge in [-0.2, -0.15) is 28.6 Å². The second kappa shape index (κ2) is 10.1. The monoisotopic (exact) mass is 536 g/mol. The van der Waals surface area contributed by atoms with Crippen molar-refractivity contribution in [3.8, 4) is 29.0 Å². The van der Waals surface area contributed by atoms with E-state index in [1.807, 2.05) is 13.8 Å². The van der Waals surface area contributed by atoms with Crippen molar-refractivity contribution in [2.75, 3.05) is 12.4 Å². The average Bonchev–Trinajstić information content (AvgIpc) is 3.65. The third-order valence-corrected chi connectivity index (χ3v) is 6.74. The number of aryl methyl sites for hydroxylation is 1. The number of halogens is 3. The maximum atomic E-state index is 13.0. The molecule has 4 heterocycles. The Morgan fingerprint density at radius 3 is 2.56 bits per heavy atom. The molecule has 0 unspecified atom stereocenters. The molecule has 0 aliphatic heterocycles. The molecule has 12 heteroatoms. The highest BCUT2D eigenvalue weighted by Gasteiger charge is 2.34. The van der Waals surface area contributed by atoms with Gasteiger partial charge in [-0.25, -0.2) is 14.6 Å². The topological polar surface area (TPSA) is 106 Å². The number of nitriles is 1. The summed E-state index contributed by atoms with van der Waals surface area (Å²) in [5.41, 5.74) is 3.89. The standard InChI is InChI=1S/C27H27F3N8O/c1-15(2)37-25(21(39-4)14-34-37)24-20(11-31)18-6-5-7-19(18)26(35-24)33-13-17-8-9-23(32-12-17)38-16(3)10-22(36-38)27(28,29)30/h8-10,12,14-15H,5-7,13H2,1-4H3,(H,33,35). The number of aromatic nitrogens is 6. The van der Waals surface area contributed by atoms with E-state index >= 15 is 0 Å². The average molecular weight is 537 g/mol. The molecule has 0 bridgehead atoms. The Kier molecular flexibility index (Phi) is 6.76. The lowest BCUT2D eigenvalue weighted by Gasteiger charge is -2.18. The van der Waals surface area contributed by atoms with E-state index in [-0.39, 0.29) is 6.04 Å². The lowest BCUT2D eigenvalue weighted by atomic mass is 10.0. The van der Waals surface area contributed by atoms with Gasteiger partial charge in [-0.3, -0.25) is 4.68 Å². The van der Waals surface area contributed by atoms with E-state index in [4.69, 9.17) is 9.72 Å². The van der Waals surface area contributed by atoms with Crippen LogP contribution in [-0.2, 0) is 25.6 Å². The minimum absolute atomic E-state index is 0.0251. The first-order valence-electron chi connectivity index (χ1n) is 12.5. The number of nitrogens with one attached hydrogen (secondary N) is 1. The summed E-state index contributed by atoms with van der Waals surface area (Å²) in [5, 5.41) is 21.6. The Labute approximate surface area is 223 Å². The van der Waals surface area contributed by atoms with Crippen LogP contribution in [0, 0.1) is 18.3 Å². The SMILES string of the molecule is COc1cnn(C(C)C)c1-c1nc(NCc2ccc(-n3nc(C(F)(F)F)cc3C)nc2)c2c(c1C#N)CCC2. The van der Waals surface area contributed by atoms with Crippen LogP contribution in [0.4, 0.5) is 19.0 Å². The molecular weight excluding hydrogens is 509 g/mol. The number of hydrogen-bond donors (Lipinski definition) is 1. The molecule has 0 aromatic carbocycles. The minimum atomic E-state index is -4.52. The van der Waals surface area contributed by atoms with Crippen LogP contribution in [0.3, 0.4) is 0 Å². The van der Waals surface area contributed by atoms with Crippen LogP contribution in [0.5, 0.6) is 5.75 Å². The van der Waals surface area contributed by atoms with Crippen molar-refractivity contribution in [2.24, 2.45) is 0 Å². The maximum absolute atomic E-state index is 13.0. The number of alkyl halides is 3. The number of pyridine rings is 2. The number of rotatable bonds is 7. The van der Waals surface area contributed by atoms with Gasteiger partial charge in [-0.05, 0) is 68.9 Å². The molecule has 1 aliphatic rings. The highest BCUT2D eigenvalue weighted by molar-refractivity contribution is 5.75. The summed E-state index contributed by atoms with van der Waals surface area (Å²) in [7, 11) is 1.56. The van der Waals surface area contributed by atoms with Crippen molar-refractivity contribution in [1.82, 2.24) is 29.5 Å². The van der Waals surface area contributed by atoms with Crippen LogP contribution in [0.1, 0.15) is 60.0 Å². The van der Waals surface area contributed by atoms with Gasteiger partial charge in [0.2, 0.25) is 0 Å². The van der Waals surface area contributed by atoms with Gasteiger partial charge >= 0.3 is 6.18 Å². The lowest BCUT2D eigenvalue weighted by molar-refractivity contribution is -0.141. The molecule has 0 spiro atoms. The second-order valence-corrected chi connectivity index (χ2v) is 9.67. The Morgan fingerprint density at radius 2 is 1.95 bits per heavy atom. The Morgan fingerprint density at radius 1 is 1.18 bits per heavy atom. The Bertz CT molecular complexity index is 1560. The number of methoxy groups -OCH3 is 1. The fourth-order valence-corrected chi connectivity index (χ4v) is 4.89. The van der Waals surface area contributed by atoms with Gasteiger partial charge in [-0.15, -0.1) is 0 Å². The minimum Gasteiger partial charge on any atom is -0.493 e. The number of nitrogens with zero attached hydrogens (tertiary/aromatic N) is 7. The zero-order valence-corrected chi connectivity index (χ0v) is 22.0. The molecule has 0 radical (unpaired) electrons. The molecule has 9 nitrogen and oxygen atoms in total. The summed E-state index contributed by atoms with van der Waals surface area (Å²) < 4.78 is 47.7. The smallest absolute Gasteiger partial charge is 0.435 e. The second-order valence-electron chi connectivity index (χ2n) is 9.67. The fourth-order valence-electron chi connectivity index (χ4n) is 4.89. The number of ether oxygens (including phenoxy) is 1. The molecule has 39 heavy (non-hydrogen) atoms. The quantitative estimate of drug-likeness (QED) is 0.336. The summed E-state index contributed by atoms with van der Waals surface area (Å²) in [5.74, 6) is 1.51. The summed E-state index contributed by atoms with van der Waals surface area (Å²) in [6, 6.07) is 6.80. The van der Waals surface area contributed by atoms with E-state index in [1.54, 1.807) is 43.2 Å². The predicted molar refractivity (Wildman–Crippen MR) is 138 cm³/mol. The zero-order chi connectivity index (χ0) is 27.9. The third-order valence-electron chi connectivity index (χ3n) is 6.74. The van der Waals surface area contributed by atoms with Crippen molar-refractivity contribution in [3.63, 3.8) is 0 Å². The van der Waals surface area contributed by atoms with Crippen molar-refractivity contribution in [1.29, 1.82) is 5.26 Å². The van der Waals surface area contributed by atoms with Crippen molar-refractivity contribution in [3.05, 3.63) is 64.2 Å². The van der Waals surface area contributed by atoms with E-state index in [0.29, 0.717) is 46.6 Å². The van der Waals surface area contributed by atoms with E-state index in [2.05, 4.69) is 26.6 Å². The van der Waals surface area contributed by atoms with Crippen molar-refractivity contribution >= 4 is 5.82 Å². The normalized spacial score (nSPS) is 13.0. The first-order valence-corrected chi connectivity index (χ1v) is 12.5. The van der Waals surface area contributed by atoms with Gasteiger partial charge in [0.1, 0.15) is 23.3 Å². The van der Waals surface area contributed by atoms with Crippen LogP contribution >= 0.6 is 0 Å². The zero-order valence-electron chi connectivity index (χ0n) is 22.0. The molecular formula is C27H27F3N8O. The Balaban J connectivity index is 1.46. The number of anilines is 1. The van der Waals surface area contributed by atoms with E-state index in [9.17, 15) is 18.4 Å². The highest BCUT2D eigenvalue weighted by atomic mass is 19.4. The maximum Gasteiger partial charge on any atom is 0.435 e. The summed E-state index contributed by atoms with van der Waals surface area (Å²) >= 11 is 0. The van der Waals surface area contributed by atoms with Crippen LogP contribution < -0.4 is 10.1 Å². The summed E-state index contributed by atoms with van der Waals surface area (Å²) in [6.45, 7) is 5.93. The van der Waals surface area contributed by atoms with Gasteiger partial charge < -0.3 is 10.1 Å². The number of fused-ring (bicyclic) bond motifs is 1. The predicted octanol–water partition coefficient (Wildman–Crippen LogP) is 5.42. The van der Waals surface area contributed by atoms with Crippen molar-refractivity contribution < 1.29 is 17.9 Å². The molecule has 4 aromatic rings. The first-order chi connectivity index (χ1) is 18.6.